The number of nitrogens with two attached hydrogens (primary N) is 1. The maximum atomic E-state index is 5.78. The smallest absolute Gasteiger partial charge is 0.00765 e. The van der Waals surface area contributed by atoms with Gasteiger partial charge >= 0.3 is 0 Å². The van der Waals surface area contributed by atoms with Crippen LogP contribution in [0.5, 0.6) is 0 Å². The molecule has 0 spiro atoms. The van der Waals surface area contributed by atoms with Crippen LogP contribution in [-0.4, -0.2) is 6.04 Å². The Morgan fingerprint density at radius 2 is 2.36 bits per heavy atom. The number of hydrogen-bond acceptors (Lipinski definition) is 1. The molecule has 1 atom stereocenters. The zero-order valence-corrected chi connectivity index (χ0v) is 7.64. The van der Waals surface area contributed by atoms with Gasteiger partial charge < -0.3 is 5.73 Å². The van der Waals surface area contributed by atoms with Crippen molar-refractivity contribution in [3.8, 4) is 0 Å². The monoisotopic (exact) mass is 153 g/mol. The predicted molar refractivity (Wildman–Crippen MR) is 49.4 cm³/mol. The van der Waals surface area contributed by atoms with Gasteiger partial charge in [0.25, 0.3) is 0 Å². The molecule has 1 aliphatic rings. The van der Waals surface area contributed by atoms with Crippen molar-refractivity contribution in [1.82, 2.24) is 0 Å². The molecule has 0 fully saturated rings. The van der Waals surface area contributed by atoms with Crippen LogP contribution >= 0.6 is 0 Å². The zero-order valence-electron chi connectivity index (χ0n) is 7.64. The van der Waals surface area contributed by atoms with Gasteiger partial charge in [0.15, 0.2) is 0 Å². The Kier molecular flexibility index (Phi) is 3.13. The molecule has 0 aliphatic heterocycles. The number of rotatable bonds is 2. The lowest BCUT2D eigenvalue weighted by Crippen LogP contribution is -2.21. The average molecular weight is 153 g/mol. The summed E-state index contributed by atoms with van der Waals surface area (Å²) in [5.41, 5.74) is 7.41. The second kappa shape index (κ2) is 3.91. The van der Waals surface area contributed by atoms with E-state index in [4.69, 9.17) is 5.73 Å². The molecule has 0 aromatic heterocycles. The van der Waals surface area contributed by atoms with E-state index < -0.39 is 0 Å². The molecule has 0 bridgehead atoms. The Hall–Kier alpha value is -0.300. The molecule has 11 heavy (non-hydrogen) atoms. The van der Waals surface area contributed by atoms with Gasteiger partial charge in [-0.15, -0.1) is 0 Å². The molecule has 1 unspecified atom stereocenters. The molecular weight excluding hydrogens is 134 g/mol. The third-order valence-corrected chi connectivity index (χ3v) is 2.22. The SMILES string of the molecule is CC(C)CC1=CCC(N)CC1. The summed E-state index contributed by atoms with van der Waals surface area (Å²) in [6.07, 6.45) is 7.14. The molecule has 0 radical (unpaired) electrons. The van der Waals surface area contributed by atoms with Gasteiger partial charge in [-0.3, -0.25) is 0 Å². The summed E-state index contributed by atoms with van der Waals surface area (Å²) in [7, 11) is 0. The van der Waals surface area contributed by atoms with Crippen LogP contribution in [0.25, 0.3) is 0 Å². The first-order valence-corrected chi connectivity index (χ1v) is 4.62. The van der Waals surface area contributed by atoms with Crippen LogP contribution in [0.15, 0.2) is 11.6 Å². The molecule has 0 saturated heterocycles. The maximum Gasteiger partial charge on any atom is 0.00765 e. The van der Waals surface area contributed by atoms with Gasteiger partial charge in [-0.25, -0.2) is 0 Å². The van der Waals surface area contributed by atoms with Crippen molar-refractivity contribution >= 4 is 0 Å². The molecule has 64 valence electrons. The lowest BCUT2D eigenvalue weighted by Gasteiger charge is -2.19. The second-order valence-electron chi connectivity index (χ2n) is 3.99. The van der Waals surface area contributed by atoms with E-state index in [1.807, 2.05) is 0 Å². The Bertz CT molecular complexity index is 147. The highest BCUT2D eigenvalue weighted by Crippen LogP contribution is 2.22. The Morgan fingerprint density at radius 1 is 1.64 bits per heavy atom. The minimum absolute atomic E-state index is 0.436. The summed E-state index contributed by atoms with van der Waals surface area (Å²) in [5, 5.41) is 0. The molecule has 0 amide bonds. The number of allylic oxidation sites excluding steroid dienone is 1. The Morgan fingerprint density at radius 3 is 2.82 bits per heavy atom. The normalized spacial score (nSPS) is 25.5. The molecule has 0 saturated carbocycles. The summed E-state index contributed by atoms with van der Waals surface area (Å²) in [6, 6.07) is 0.436. The van der Waals surface area contributed by atoms with Crippen LogP contribution in [0.1, 0.15) is 39.5 Å². The first kappa shape index (κ1) is 8.79. The average Bonchev–Trinajstić information content (AvgIpc) is 1.93. The topological polar surface area (TPSA) is 26.0 Å². The van der Waals surface area contributed by atoms with Crippen molar-refractivity contribution in [3.63, 3.8) is 0 Å². The van der Waals surface area contributed by atoms with Crippen molar-refractivity contribution < 1.29 is 0 Å². The van der Waals surface area contributed by atoms with Crippen molar-refractivity contribution in [2.24, 2.45) is 11.7 Å². The fourth-order valence-electron chi connectivity index (χ4n) is 1.62. The summed E-state index contributed by atoms with van der Waals surface area (Å²) >= 11 is 0. The zero-order chi connectivity index (χ0) is 8.27. The molecule has 1 aliphatic carbocycles. The van der Waals surface area contributed by atoms with Gasteiger partial charge in [0.1, 0.15) is 0 Å². The fourth-order valence-corrected chi connectivity index (χ4v) is 1.62. The van der Waals surface area contributed by atoms with Crippen molar-refractivity contribution in [3.05, 3.63) is 11.6 Å². The summed E-state index contributed by atoms with van der Waals surface area (Å²) in [5.74, 6) is 0.801. The van der Waals surface area contributed by atoms with E-state index in [0.717, 1.165) is 12.3 Å². The van der Waals surface area contributed by atoms with Crippen molar-refractivity contribution in [1.29, 1.82) is 0 Å². The predicted octanol–water partition coefficient (Wildman–Crippen LogP) is 2.47. The summed E-state index contributed by atoms with van der Waals surface area (Å²) in [4.78, 5) is 0. The molecule has 1 nitrogen and oxygen atoms in total. The van der Waals surface area contributed by atoms with Gasteiger partial charge in [-0.05, 0) is 31.6 Å². The minimum Gasteiger partial charge on any atom is -0.327 e. The van der Waals surface area contributed by atoms with Crippen LogP contribution in [0.2, 0.25) is 0 Å². The molecular formula is C10H19N. The van der Waals surface area contributed by atoms with Gasteiger partial charge in [-0.1, -0.05) is 25.5 Å². The molecule has 2 N–H and O–H groups in total. The third kappa shape index (κ3) is 3.06. The van der Waals surface area contributed by atoms with E-state index in [9.17, 15) is 0 Å². The molecule has 0 aromatic rings. The van der Waals surface area contributed by atoms with E-state index >= 15 is 0 Å². The quantitative estimate of drug-likeness (QED) is 0.606. The highest BCUT2D eigenvalue weighted by Gasteiger charge is 2.10. The van der Waals surface area contributed by atoms with Gasteiger partial charge in [0.05, 0.1) is 0 Å². The maximum absolute atomic E-state index is 5.78. The Labute approximate surface area is 69.7 Å². The lowest BCUT2D eigenvalue weighted by atomic mass is 9.90. The summed E-state index contributed by atoms with van der Waals surface area (Å²) in [6.45, 7) is 4.55. The first-order chi connectivity index (χ1) is 5.18. The van der Waals surface area contributed by atoms with Crippen LogP contribution in [-0.2, 0) is 0 Å². The van der Waals surface area contributed by atoms with E-state index in [1.165, 1.54) is 19.3 Å². The van der Waals surface area contributed by atoms with Crippen molar-refractivity contribution in [2.75, 3.05) is 0 Å². The first-order valence-electron chi connectivity index (χ1n) is 4.62. The van der Waals surface area contributed by atoms with Gasteiger partial charge in [0, 0.05) is 6.04 Å². The van der Waals surface area contributed by atoms with Gasteiger partial charge in [-0.2, -0.15) is 0 Å². The minimum atomic E-state index is 0.436. The van der Waals surface area contributed by atoms with Crippen LogP contribution in [0, 0.1) is 5.92 Å². The van der Waals surface area contributed by atoms with Crippen molar-refractivity contribution in [2.45, 2.75) is 45.6 Å². The third-order valence-electron chi connectivity index (χ3n) is 2.22. The lowest BCUT2D eigenvalue weighted by molar-refractivity contribution is 0.545. The second-order valence-corrected chi connectivity index (χ2v) is 3.99. The van der Waals surface area contributed by atoms with Gasteiger partial charge in [0.2, 0.25) is 0 Å². The highest BCUT2D eigenvalue weighted by molar-refractivity contribution is 5.07. The van der Waals surface area contributed by atoms with Crippen LogP contribution in [0.3, 0.4) is 0 Å². The Balaban J connectivity index is 2.35. The summed E-state index contributed by atoms with van der Waals surface area (Å²) < 4.78 is 0. The standard InChI is InChI=1S/C10H19N/c1-8(2)7-9-3-5-10(11)6-4-9/h3,8,10H,4-7,11H2,1-2H3. The van der Waals surface area contributed by atoms with Crippen LogP contribution < -0.4 is 5.73 Å². The van der Waals surface area contributed by atoms with E-state index in [0.29, 0.717) is 6.04 Å². The highest BCUT2D eigenvalue weighted by atomic mass is 14.6. The molecule has 1 rings (SSSR count). The molecule has 1 heteroatoms. The number of hydrogen-bond donors (Lipinski definition) is 1. The molecule has 0 aromatic carbocycles. The van der Waals surface area contributed by atoms with E-state index in [-0.39, 0.29) is 0 Å². The molecule has 0 heterocycles. The van der Waals surface area contributed by atoms with E-state index in [1.54, 1.807) is 5.57 Å². The van der Waals surface area contributed by atoms with E-state index in [2.05, 4.69) is 19.9 Å². The van der Waals surface area contributed by atoms with Crippen LogP contribution in [0.4, 0.5) is 0 Å². The fraction of sp³-hybridized carbons (Fsp3) is 0.800. The largest absolute Gasteiger partial charge is 0.327 e.